The van der Waals surface area contributed by atoms with Crippen LogP contribution in [0.15, 0.2) is 0 Å². The van der Waals surface area contributed by atoms with Crippen molar-refractivity contribution in [3.8, 4) is 0 Å². The molecule has 1 aliphatic heterocycles. The summed E-state index contributed by atoms with van der Waals surface area (Å²) in [6.45, 7) is 5.87. The highest BCUT2D eigenvalue weighted by atomic mass is 16.2. The highest BCUT2D eigenvalue weighted by Gasteiger charge is 2.28. The largest absolute Gasteiger partial charge is 0.350 e. The van der Waals surface area contributed by atoms with Crippen molar-refractivity contribution in [3.05, 3.63) is 0 Å². The van der Waals surface area contributed by atoms with Crippen LogP contribution in [0.1, 0.15) is 20.3 Å². The molecule has 3 unspecified atom stereocenters. The van der Waals surface area contributed by atoms with Crippen molar-refractivity contribution in [2.45, 2.75) is 32.4 Å². The van der Waals surface area contributed by atoms with Gasteiger partial charge in [0.25, 0.3) is 0 Å². The molecular weight excluding hydrogens is 190 g/mol. The molecule has 0 bridgehead atoms. The van der Waals surface area contributed by atoms with Gasteiger partial charge in [-0.25, -0.2) is 0 Å². The molecule has 0 radical (unpaired) electrons. The molecule has 0 spiro atoms. The van der Waals surface area contributed by atoms with E-state index in [0.717, 1.165) is 13.0 Å². The van der Waals surface area contributed by atoms with Crippen LogP contribution < -0.4 is 10.6 Å². The Morgan fingerprint density at radius 1 is 1.47 bits per heavy atom. The van der Waals surface area contributed by atoms with Gasteiger partial charge >= 0.3 is 0 Å². The van der Waals surface area contributed by atoms with Crippen molar-refractivity contribution in [2.75, 3.05) is 27.2 Å². The third-order valence-electron chi connectivity index (χ3n) is 3.01. The van der Waals surface area contributed by atoms with Crippen molar-refractivity contribution < 1.29 is 4.79 Å². The molecular formula is C11H23N3O. The molecule has 0 aromatic heterocycles. The van der Waals surface area contributed by atoms with E-state index in [4.69, 9.17) is 0 Å². The van der Waals surface area contributed by atoms with Crippen molar-refractivity contribution in [1.29, 1.82) is 0 Å². The second-order valence-electron chi connectivity index (χ2n) is 4.84. The van der Waals surface area contributed by atoms with Crippen molar-refractivity contribution in [1.82, 2.24) is 15.5 Å². The molecule has 4 nitrogen and oxygen atoms in total. The number of piperidine rings is 1. The summed E-state index contributed by atoms with van der Waals surface area (Å²) in [7, 11) is 3.82. The summed E-state index contributed by atoms with van der Waals surface area (Å²) in [6, 6.07) is 0.645. The summed E-state index contributed by atoms with van der Waals surface area (Å²) >= 11 is 0. The monoisotopic (exact) mass is 213 g/mol. The topological polar surface area (TPSA) is 44.4 Å². The number of carbonyl (C=O) groups is 1. The SMILES string of the molecule is CC1CCNC(C)C1NC(=O)CN(C)C. The standard InChI is InChI=1S/C11H23N3O/c1-8-5-6-12-9(2)11(8)13-10(15)7-14(3)4/h8-9,11-12H,5-7H2,1-4H3,(H,13,15). The minimum absolute atomic E-state index is 0.118. The molecule has 3 atom stereocenters. The summed E-state index contributed by atoms with van der Waals surface area (Å²) in [5.74, 6) is 0.680. The zero-order chi connectivity index (χ0) is 11.4. The van der Waals surface area contributed by atoms with Gasteiger partial charge in [0.05, 0.1) is 6.54 Å². The molecule has 0 aromatic carbocycles. The number of likely N-dealkylation sites (N-methyl/N-ethyl adjacent to an activating group) is 1. The van der Waals surface area contributed by atoms with Gasteiger partial charge in [-0.1, -0.05) is 6.92 Å². The molecule has 15 heavy (non-hydrogen) atoms. The van der Waals surface area contributed by atoms with Crippen LogP contribution >= 0.6 is 0 Å². The first kappa shape index (κ1) is 12.5. The lowest BCUT2D eigenvalue weighted by Crippen LogP contribution is -2.56. The number of nitrogens with one attached hydrogen (secondary N) is 2. The lowest BCUT2D eigenvalue weighted by molar-refractivity contribution is -0.123. The Morgan fingerprint density at radius 3 is 2.67 bits per heavy atom. The Bertz CT molecular complexity index is 208. The lowest BCUT2D eigenvalue weighted by Gasteiger charge is -2.36. The normalized spacial score (nSPS) is 31.7. The van der Waals surface area contributed by atoms with Crippen LogP contribution in [0.25, 0.3) is 0 Å². The fourth-order valence-corrected chi connectivity index (χ4v) is 2.12. The van der Waals surface area contributed by atoms with E-state index < -0.39 is 0 Å². The second-order valence-corrected chi connectivity index (χ2v) is 4.84. The Hall–Kier alpha value is -0.610. The zero-order valence-electron chi connectivity index (χ0n) is 10.2. The maximum absolute atomic E-state index is 11.6. The van der Waals surface area contributed by atoms with Gasteiger partial charge in [-0.2, -0.15) is 0 Å². The molecule has 1 saturated heterocycles. The van der Waals surface area contributed by atoms with Gasteiger partial charge < -0.3 is 15.5 Å². The Morgan fingerprint density at radius 2 is 2.13 bits per heavy atom. The fraction of sp³-hybridized carbons (Fsp3) is 0.909. The fourth-order valence-electron chi connectivity index (χ4n) is 2.12. The molecule has 88 valence electrons. The first-order valence-corrected chi connectivity index (χ1v) is 5.68. The van der Waals surface area contributed by atoms with E-state index in [-0.39, 0.29) is 11.9 Å². The summed E-state index contributed by atoms with van der Waals surface area (Å²) in [5.41, 5.74) is 0. The van der Waals surface area contributed by atoms with Crippen LogP contribution in [0.4, 0.5) is 0 Å². The number of amides is 1. The summed E-state index contributed by atoms with van der Waals surface area (Å²) < 4.78 is 0. The van der Waals surface area contributed by atoms with E-state index in [1.165, 1.54) is 0 Å². The highest BCUT2D eigenvalue weighted by molar-refractivity contribution is 5.78. The molecule has 1 amide bonds. The average molecular weight is 213 g/mol. The van der Waals surface area contributed by atoms with E-state index in [1.54, 1.807) is 0 Å². The summed E-state index contributed by atoms with van der Waals surface area (Å²) in [4.78, 5) is 13.5. The maximum Gasteiger partial charge on any atom is 0.234 e. The highest BCUT2D eigenvalue weighted by Crippen LogP contribution is 2.15. The van der Waals surface area contributed by atoms with Crippen LogP contribution in [0.3, 0.4) is 0 Å². The van der Waals surface area contributed by atoms with Crippen LogP contribution in [0, 0.1) is 5.92 Å². The third kappa shape index (κ3) is 3.80. The molecule has 2 N–H and O–H groups in total. The predicted molar refractivity (Wildman–Crippen MR) is 61.7 cm³/mol. The van der Waals surface area contributed by atoms with Crippen molar-refractivity contribution in [3.63, 3.8) is 0 Å². The molecule has 0 aliphatic carbocycles. The molecule has 0 saturated carbocycles. The van der Waals surface area contributed by atoms with Gasteiger partial charge in [0.1, 0.15) is 0 Å². The quantitative estimate of drug-likeness (QED) is 0.696. The van der Waals surface area contributed by atoms with Crippen molar-refractivity contribution >= 4 is 5.91 Å². The van der Waals surface area contributed by atoms with Gasteiger partial charge in [-0.05, 0) is 39.9 Å². The number of hydrogen-bond acceptors (Lipinski definition) is 3. The number of rotatable bonds is 3. The molecule has 1 rings (SSSR count). The molecule has 1 fully saturated rings. The molecule has 1 aliphatic rings. The van der Waals surface area contributed by atoms with Gasteiger partial charge in [-0.3, -0.25) is 4.79 Å². The number of carbonyl (C=O) groups excluding carboxylic acids is 1. The number of hydrogen-bond donors (Lipinski definition) is 2. The van der Waals surface area contributed by atoms with Gasteiger partial charge in [-0.15, -0.1) is 0 Å². The van der Waals surface area contributed by atoms with E-state index in [0.29, 0.717) is 18.5 Å². The average Bonchev–Trinajstić information content (AvgIpc) is 2.10. The number of nitrogens with zero attached hydrogens (tertiary/aromatic N) is 1. The van der Waals surface area contributed by atoms with Gasteiger partial charge in [0.2, 0.25) is 5.91 Å². The first-order valence-electron chi connectivity index (χ1n) is 5.68. The maximum atomic E-state index is 11.6. The lowest BCUT2D eigenvalue weighted by atomic mass is 9.89. The summed E-state index contributed by atoms with van der Waals surface area (Å²) in [5, 5.41) is 6.50. The first-order chi connectivity index (χ1) is 7.00. The van der Waals surface area contributed by atoms with Crippen LogP contribution in [-0.4, -0.2) is 50.1 Å². The molecule has 1 heterocycles. The zero-order valence-corrected chi connectivity index (χ0v) is 10.2. The Kier molecular flexibility index (Phi) is 4.54. The molecule has 4 heteroatoms. The smallest absolute Gasteiger partial charge is 0.234 e. The van der Waals surface area contributed by atoms with Crippen molar-refractivity contribution in [2.24, 2.45) is 5.92 Å². The second kappa shape index (κ2) is 5.47. The minimum atomic E-state index is 0.118. The van der Waals surface area contributed by atoms with E-state index in [2.05, 4.69) is 24.5 Å². The third-order valence-corrected chi connectivity index (χ3v) is 3.01. The van der Waals surface area contributed by atoms with Crippen LogP contribution in [0.5, 0.6) is 0 Å². The van der Waals surface area contributed by atoms with E-state index in [1.807, 2.05) is 19.0 Å². The van der Waals surface area contributed by atoms with E-state index in [9.17, 15) is 4.79 Å². The molecule has 0 aromatic rings. The Balaban J connectivity index is 2.44. The van der Waals surface area contributed by atoms with Crippen LogP contribution in [0.2, 0.25) is 0 Å². The Labute approximate surface area is 92.4 Å². The van der Waals surface area contributed by atoms with E-state index >= 15 is 0 Å². The minimum Gasteiger partial charge on any atom is -0.350 e. The predicted octanol–water partition coefficient (Wildman–Crippen LogP) is 0.0507. The van der Waals surface area contributed by atoms with Gasteiger partial charge in [0.15, 0.2) is 0 Å². The van der Waals surface area contributed by atoms with Crippen LogP contribution in [-0.2, 0) is 4.79 Å². The van der Waals surface area contributed by atoms with Gasteiger partial charge in [0, 0.05) is 12.1 Å². The summed E-state index contributed by atoms with van der Waals surface area (Å²) in [6.07, 6.45) is 1.14.